The van der Waals surface area contributed by atoms with Crippen LogP contribution in [0.2, 0.25) is 0 Å². The van der Waals surface area contributed by atoms with Crippen molar-refractivity contribution in [2.45, 2.75) is 43.3 Å². The van der Waals surface area contributed by atoms with Crippen LogP contribution in [0.3, 0.4) is 0 Å². The van der Waals surface area contributed by atoms with E-state index in [-0.39, 0.29) is 6.10 Å². The van der Waals surface area contributed by atoms with Crippen molar-refractivity contribution in [1.29, 1.82) is 0 Å². The second-order valence-corrected chi connectivity index (χ2v) is 5.64. The molecule has 1 saturated heterocycles. The molecule has 2 rings (SSSR count). The van der Waals surface area contributed by atoms with Gasteiger partial charge in [0, 0.05) is 17.3 Å². The molecule has 2 nitrogen and oxygen atoms in total. The third-order valence-corrected chi connectivity index (χ3v) is 4.22. The zero-order valence-electron chi connectivity index (χ0n) is 10.3. The molecule has 0 aromatic heterocycles. The number of benzene rings is 1. The van der Waals surface area contributed by atoms with Gasteiger partial charge in [-0.2, -0.15) is 0 Å². The second-order valence-electron chi connectivity index (χ2n) is 4.54. The van der Waals surface area contributed by atoms with Crippen LogP contribution in [0.25, 0.3) is 0 Å². The van der Waals surface area contributed by atoms with Crippen molar-refractivity contribution in [1.82, 2.24) is 0 Å². The second kappa shape index (κ2) is 6.43. The maximum absolute atomic E-state index is 9.42. The Bertz CT molecular complexity index is 329. The number of thioether (sulfide) groups is 1. The Hall–Kier alpha value is -0.510. The summed E-state index contributed by atoms with van der Waals surface area (Å²) in [5.41, 5.74) is 0.975. The highest BCUT2D eigenvalue weighted by Gasteiger charge is 2.13. The van der Waals surface area contributed by atoms with Crippen molar-refractivity contribution in [2.75, 3.05) is 12.4 Å². The summed E-state index contributed by atoms with van der Waals surface area (Å²) in [6, 6.07) is 8.15. The summed E-state index contributed by atoms with van der Waals surface area (Å²) < 4.78 is 5.70. The average Bonchev–Trinajstić information content (AvgIpc) is 2.38. The highest BCUT2D eigenvalue weighted by molar-refractivity contribution is 7.99. The Morgan fingerprint density at radius 1 is 1.35 bits per heavy atom. The molecule has 0 amide bonds. The summed E-state index contributed by atoms with van der Waals surface area (Å²) in [6.07, 6.45) is 3.75. The van der Waals surface area contributed by atoms with Crippen molar-refractivity contribution in [3.63, 3.8) is 0 Å². The minimum absolute atomic E-state index is 0.379. The molecule has 2 unspecified atom stereocenters. The number of rotatable bonds is 4. The summed E-state index contributed by atoms with van der Waals surface area (Å²) >= 11 is 1.84. The number of ether oxygens (including phenoxy) is 1. The molecule has 94 valence electrons. The predicted molar refractivity (Wildman–Crippen MR) is 71.4 cm³/mol. The first-order valence-electron chi connectivity index (χ1n) is 6.28. The van der Waals surface area contributed by atoms with Gasteiger partial charge in [0.25, 0.3) is 0 Å². The summed E-state index contributed by atoms with van der Waals surface area (Å²) in [5.74, 6) is 1.04. The molecule has 17 heavy (non-hydrogen) atoms. The van der Waals surface area contributed by atoms with Crippen LogP contribution in [-0.4, -0.2) is 23.6 Å². The first-order chi connectivity index (χ1) is 8.25. The first kappa shape index (κ1) is 12.9. The molecule has 1 fully saturated rings. The lowest BCUT2D eigenvalue weighted by atomic mass is 10.1. The van der Waals surface area contributed by atoms with Crippen LogP contribution in [0.15, 0.2) is 29.2 Å². The molecule has 0 spiro atoms. The lowest BCUT2D eigenvalue weighted by Gasteiger charge is -2.22. The Labute approximate surface area is 107 Å². The van der Waals surface area contributed by atoms with Crippen molar-refractivity contribution < 1.29 is 9.84 Å². The molecule has 1 aliphatic rings. The number of hydrogen-bond acceptors (Lipinski definition) is 3. The van der Waals surface area contributed by atoms with Crippen LogP contribution in [0.4, 0.5) is 0 Å². The molecule has 2 atom stereocenters. The molecule has 1 N–H and O–H groups in total. The SMILES string of the molecule is CC(O)c1ccc(SCC2CCCCO2)cc1. The standard InChI is InChI=1S/C14H20O2S/c1-11(15)12-5-7-14(8-6-12)17-10-13-4-2-3-9-16-13/h5-8,11,13,15H,2-4,9-10H2,1H3. The maximum atomic E-state index is 9.42. The predicted octanol–water partition coefficient (Wildman–Crippen LogP) is 3.40. The highest BCUT2D eigenvalue weighted by atomic mass is 32.2. The zero-order chi connectivity index (χ0) is 12.1. The molecule has 0 radical (unpaired) electrons. The molecule has 1 aromatic rings. The maximum Gasteiger partial charge on any atom is 0.0761 e. The summed E-state index contributed by atoms with van der Waals surface area (Å²) in [7, 11) is 0. The summed E-state index contributed by atoms with van der Waals surface area (Å²) in [5, 5.41) is 9.42. The number of aliphatic hydroxyl groups is 1. The third kappa shape index (κ3) is 4.02. The van der Waals surface area contributed by atoms with Crippen LogP contribution in [0.5, 0.6) is 0 Å². The van der Waals surface area contributed by atoms with Crippen molar-refractivity contribution in [3.05, 3.63) is 29.8 Å². The van der Waals surface area contributed by atoms with Gasteiger partial charge in [-0.1, -0.05) is 12.1 Å². The van der Waals surface area contributed by atoms with Crippen LogP contribution in [0.1, 0.15) is 37.9 Å². The van der Waals surface area contributed by atoms with Gasteiger partial charge < -0.3 is 9.84 Å². The molecule has 1 aliphatic heterocycles. The monoisotopic (exact) mass is 252 g/mol. The van der Waals surface area contributed by atoms with E-state index in [0.717, 1.165) is 17.9 Å². The Balaban J connectivity index is 1.82. The van der Waals surface area contributed by atoms with Gasteiger partial charge in [0.2, 0.25) is 0 Å². The Morgan fingerprint density at radius 3 is 2.71 bits per heavy atom. The van der Waals surface area contributed by atoms with Gasteiger partial charge in [0.15, 0.2) is 0 Å². The summed E-state index contributed by atoms with van der Waals surface area (Å²) in [4.78, 5) is 1.25. The fourth-order valence-corrected chi connectivity index (χ4v) is 2.94. The van der Waals surface area contributed by atoms with Crippen molar-refractivity contribution >= 4 is 11.8 Å². The Morgan fingerprint density at radius 2 is 2.12 bits per heavy atom. The van der Waals surface area contributed by atoms with Gasteiger partial charge in [-0.3, -0.25) is 0 Å². The fraction of sp³-hybridized carbons (Fsp3) is 0.571. The van der Waals surface area contributed by atoms with E-state index in [0.29, 0.717) is 6.10 Å². The molecular weight excluding hydrogens is 232 g/mol. The van der Waals surface area contributed by atoms with Gasteiger partial charge in [-0.05, 0) is 43.9 Å². The third-order valence-electron chi connectivity index (χ3n) is 3.07. The lowest BCUT2D eigenvalue weighted by molar-refractivity contribution is 0.0315. The van der Waals surface area contributed by atoms with Crippen LogP contribution in [0, 0.1) is 0 Å². The van der Waals surface area contributed by atoms with Gasteiger partial charge in [0.1, 0.15) is 0 Å². The van der Waals surface area contributed by atoms with Crippen LogP contribution in [-0.2, 0) is 4.74 Å². The highest BCUT2D eigenvalue weighted by Crippen LogP contribution is 2.24. The smallest absolute Gasteiger partial charge is 0.0761 e. The zero-order valence-corrected chi connectivity index (χ0v) is 11.1. The number of hydrogen-bond donors (Lipinski definition) is 1. The number of aliphatic hydroxyl groups excluding tert-OH is 1. The average molecular weight is 252 g/mol. The van der Waals surface area contributed by atoms with E-state index in [4.69, 9.17) is 4.74 Å². The van der Waals surface area contributed by atoms with Crippen molar-refractivity contribution in [2.24, 2.45) is 0 Å². The van der Waals surface area contributed by atoms with E-state index in [1.54, 1.807) is 6.92 Å². The normalized spacial score (nSPS) is 22.4. The minimum atomic E-state index is -0.379. The molecule has 0 aliphatic carbocycles. The molecule has 0 saturated carbocycles. The molecule has 1 aromatic carbocycles. The van der Waals surface area contributed by atoms with Gasteiger partial charge in [-0.15, -0.1) is 11.8 Å². The Kier molecular flexibility index (Phi) is 4.89. The van der Waals surface area contributed by atoms with Crippen LogP contribution < -0.4 is 0 Å². The van der Waals surface area contributed by atoms with Gasteiger partial charge >= 0.3 is 0 Å². The molecular formula is C14H20O2S. The van der Waals surface area contributed by atoms with E-state index in [1.807, 2.05) is 23.9 Å². The van der Waals surface area contributed by atoms with Gasteiger partial charge in [-0.25, -0.2) is 0 Å². The molecule has 3 heteroatoms. The van der Waals surface area contributed by atoms with Crippen molar-refractivity contribution in [3.8, 4) is 0 Å². The topological polar surface area (TPSA) is 29.5 Å². The summed E-state index contributed by atoms with van der Waals surface area (Å²) in [6.45, 7) is 2.71. The quantitative estimate of drug-likeness (QED) is 0.833. The molecule has 1 heterocycles. The van der Waals surface area contributed by atoms with E-state index in [2.05, 4.69) is 12.1 Å². The van der Waals surface area contributed by atoms with Gasteiger partial charge in [0.05, 0.1) is 12.2 Å². The first-order valence-corrected chi connectivity index (χ1v) is 7.26. The van der Waals surface area contributed by atoms with E-state index in [1.165, 1.54) is 24.2 Å². The largest absolute Gasteiger partial charge is 0.389 e. The van der Waals surface area contributed by atoms with E-state index in [9.17, 15) is 5.11 Å². The fourth-order valence-electron chi connectivity index (χ4n) is 1.97. The molecule has 0 bridgehead atoms. The van der Waals surface area contributed by atoms with E-state index >= 15 is 0 Å². The van der Waals surface area contributed by atoms with Crippen LogP contribution >= 0.6 is 11.8 Å². The lowest BCUT2D eigenvalue weighted by Crippen LogP contribution is -2.21. The minimum Gasteiger partial charge on any atom is -0.389 e. The van der Waals surface area contributed by atoms with E-state index < -0.39 is 0 Å².